The molecule has 0 spiro atoms. The highest BCUT2D eigenvalue weighted by atomic mass is 32.1. The molecule has 6 heteroatoms. The minimum atomic E-state index is -0.134. The highest BCUT2D eigenvalue weighted by Crippen LogP contribution is 2.10. The lowest BCUT2D eigenvalue weighted by atomic mass is 10.2. The summed E-state index contributed by atoms with van der Waals surface area (Å²) in [6.45, 7) is 1.25. The lowest BCUT2D eigenvalue weighted by Gasteiger charge is -2.10. The van der Waals surface area contributed by atoms with Gasteiger partial charge in [0.15, 0.2) is 0 Å². The molecule has 1 aromatic rings. The monoisotopic (exact) mass is 241 g/mol. The van der Waals surface area contributed by atoms with Crippen LogP contribution in [0.2, 0.25) is 0 Å². The Morgan fingerprint density at radius 1 is 1.81 bits per heavy atom. The molecule has 2 unspecified atom stereocenters. The van der Waals surface area contributed by atoms with E-state index in [1.165, 1.54) is 0 Å². The second-order valence-electron chi connectivity index (χ2n) is 3.70. The summed E-state index contributed by atoms with van der Waals surface area (Å²) in [5.74, 6) is 0.0229. The standard InChI is InChI=1S/C10H15N3O2S/c1-15-7-4-8(12-5-7)10(14)13-6-9-11-2-3-16-9/h2-3,7-8,12H,4-6H2,1H3,(H,13,14). The summed E-state index contributed by atoms with van der Waals surface area (Å²) in [5, 5.41) is 8.82. The van der Waals surface area contributed by atoms with Crippen LogP contribution in [0.5, 0.6) is 0 Å². The molecule has 1 aromatic heterocycles. The number of methoxy groups -OCH3 is 1. The van der Waals surface area contributed by atoms with Gasteiger partial charge in [0.2, 0.25) is 5.91 Å². The molecular formula is C10H15N3O2S. The Hall–Kier alpha value is -0.980. The summed E-state index contributed by atoms with van der Waals surface area (Å²) in [4.78, 5) is 15.9. The Kier molecular flexibility index (Phi) is 3.87. The van der Waals surface area contributed by atoms with Crippen LogP contribution in [0.25, 0.3) is 0 Å². The van der Waals surface area contributed by atoms with E-state index < -0.39 is 0 Å². The summed E-state index contributed by atoms with van der Waals surface area (Å²) in [6, 6.07) is -0.134. The number of rotatable bonds is 4. The maximum atomic E-state index is 11.7. The third kappa shape index (κ3) is 2.78. The SMILES string of the molecule is COC1CNC(C(=O)NCc2nccs2)C1. The van der Waals surface area contributed by atoms with Gasteiger partial charge in [-0.1, -0.05) is 0 Å². The molecule has 88 valence electrons. The van der Waals surface area contributed by atoms with E-state index in [9.17, 15) is 4.79 Å². The van der Waals surface area contributed by atoms with Crippen LogP contribution in [0.1, 0.15) is 11.4 Å². The molecule has 1 fully saturated rings. The highest BCUT2D eigenvalue weighted by Gasteiger charge is 2.28. The second-order valence-corrected chi connectivity index (χ2v) is 4.68. The third-order valence-electron chi connectivity index (χ3n) is 2.64. The average Bonchev–Trinajstić information content (AvgIpc) is 2.96. The van der Waals surface area contributed by atoms with Gasteiger partial charge >= 0.3 is 0 Å². The predicted octanol–water partition coefficient (Wildman–Crippen LogP) is 0.136. The van der Waals surface area contributed by atoms with Crippen molar-refractivity contribution in [2.75, 3.05) is 13.7 Å². The number of carbonyl (C=O) groups is 1. The van der Waals surface area contributed by atoms with Crippen molar-refractivity contribution in [1.29, 1.82) is 0 Å². The van der Waals surface area contributed by atoms with Crippen LogP contribution in [0.4, 0.5) is 0 Å². The average molecular weight is 241 g/mol. The van der Waals surface area contributed by atoms with E-state index in [0.717, 1.165) is 18.0 Å². The van der Waals surface area contributed by atoms with Crippen molar-refractivity contribution in [3.05, 3.63) is 16.6 Å². The van der Waals surface area contributed by atoms with E-state index in [4.69, 9.17) is 4.74 Å². The first-order valence-corrected chi connectivity index (χ1v) is 6.10. The number of hydrogen-bond acceptors (Lipinski definition) is 5. The summed E-state index contributed by atoms with van der Waals surface area (Å²) in [5.41, 5.74) is 0. The van der Waals surface area contributed by atoms with Gasteiger partial charge in [-0.2, -0.15) is 0 Å². The summed E-state index contributed by atoms with van der Waals surface area (Å²) in [6.07, 6.45) is 2.62. The Labute approximate surface area is 98.2 Å². The number of nitrogens with one attached hydrogen (secondary N) is 2. The van der Waals surface area contributed by atoms with E-state index >= 15 is 0 Å². The number of amides is 1. The molecule has 0 aromatic carbocycles. The van der Waals surface area contributed by atoms with Crippen LogP contribution >= 0.6 is 11.3 Å². The molecule has 0 bridgehead atoms. The predicted molar refractivity (Wildman–Crippen MR) is 61.2 cm³/mol. The molecule has 5 nitrogen and oxygen atoms in total. The maximum absolute atomic E-state index is 11.7. The molecule has 1 saturated heterocycles. The van der Waals surface area contributed by atoms with Gasteiger partial charge in [0.05, 0.1) is 18.7 Å². The fourth-order valence-corrected chi connectivity index (χ4v) is 2.26. The molecule has 1 aliphatic rings. The van der Waals surface area contributed by atoms with Crippen LogP contribution in [0, 0.1) is 0 Å². The molecule has 16 heavy (non-hydrogen) atoms. The molecule has 0 aliphatic carbocycles. The fourth-order valence-electron chi connectivity index (χ4n) is 1.71. The lowest BCUT2D eigenvalue weighted by Crippen LogP contribution is -2.39. The van der Waals surface area contributed by atoms with Crippen molar-refractivity contribution < 1.29 is 9.53 Å². The maximum Gasteiger partial charge on any atom is 0.237 e. The lowest BCUT2D eigenvalue weighted by molar-refractivity contribution is -0.123. The van der Waals surface area contributed by atoms with Gasteiger partial charge < -0.3 is 15.4 Å². The highest BCUT2D eigenvalue weighted by molar-refractivity contribution is 7.09. The first-order chi connectivity index (χ1) is 7.79. The van der Waals surface area contributed by atoms with Crippen molar-refractivity contribution >= 4 is 17.2 Å². The van der Waals surface area contributed by atoms with Gasteiger partial charge in [-0.3, -0.25) is 4.79 Å². The zero-order chi connectivity index (χ0) is 11.4. The number of nitrogens with zero attached hydrogens (tertiary/aromatic N) is 1. The molecule has 2 N–H and O–H groups in total. The second kappa shape index (κ2) is 5.38. The molecule has 1 aliphatic heterocycles. The largest absolute Gasteiger partial charge is 0.380 e. The zero-order valence-corrected chi connectivity index (χ0v) is 9.92. The van der Waals surface area contributed by atoms with Crippen LogP contribution in [0.3, 0.4) is 0 Å². The molecule has 2 rings (SSSR count). The first kappa shape index (κ1) is 11.5. The van der Waals surface area contributed by atoms with Gasteiger partial charge in [-0.15, -0.1) is 11.3 Å². The number of aromatic nitrogens is 1. The molecule has 0 radical (unpaired) electrons. The van der Waals surface area contributed by atoms with Gasteiger partial charge in [0.1, 0.15) is 5.01 Å². The number of thiazole rings is 1. The molecule has 2 atom stereocenters. The van der Waals surface area contributed by atoms with Crippen LogP contribution in [-0.2, 0) is 16.1 Å². The van der Waals surface area contributed by atoms with E-state index in [1.54, 1.807) is 24.6 Å². The van der Waals surface area contributed by atoms with Crippen LogP contribution in [-0.4, -0.2) is 36.7 Å². The van der Waals surface area contributed by atoms with E-state index in [2.05, 4.69) is 15.6 Å². The van der Waals surface area contributed by atoms with Crippen molar-refractivity contribution in [3.8, 4) is 0 Å². The number of carbonyl (C=O) groups excluding carboxylic acids is 1. The quantitative estimate of drug-likeness (QED) is 0.787. The number of hydrogen-bond donors (Lipinski definition) is 2. The van der Waals surface area contributed by atoms with E-state index in [1.807, 2.05) is 5.38 Å². The third-order valence-corrected chi connectivity index (χ3v) is 3.42. The van der Waals surface area contributed by atoms with E-state index in [-0.39, 0.29) is 18.1 Å². The molecule has 0 saturated carbocycles. The smallest absolute Gasteiger partial charge is 0.237 e. The topological polar surface area (TPSA) is 63.2 Å². The summed E-state index contributed by atoms with van der Waals surface area (Å²) < 4.78 is 5.19. The summed E-state index contributed by atoms with van der Waals surface area (Å²) >= 11 is 1.54. The normalized spacial score (nSPS) is 24.6. The first-order valence-electron chi connectivity index (χ1n) is 5.22. The summed E-state index contributed by atoms with van der Waals surface area (Å²) in [7, 11) is 1.67. The van der Waals surface area contributed by atoms with Gasteiger partial charge in [0.25, 0.3) is 0 Å². The minimum absolute atomic E-state index is 0.0229. The Morgan fingerprint density at radius 3 is 3.31 bits per heavy atom. The minimum Gasteiger partial charge on any atom is -0.380 e. The van der Waals surface area contributed by atoms with Gasteiger partial charge in [-0.25, -0.2) is 4.98 Å². The van der Waals surface area contributed by atoms with Crippen LogP contribution in [0.15, 0.2) is 11.6 Å². The zero-order valence-electron chi connectivity index (χ0n) is 9.10. The van der Waals surface area contributed by atoms with Crippen molar-refractivity contribution in [3.63, 3.8) is 0 Å². The van der Waals surface area contributed by atoms with Gasteiger partial charge in [-0.05, 0) is 6.42 Å². The fraction of sp³-hybridized carbons (Fsp3) is 0.600. The Balaban J connectivity index is 1.76. The van der Waals surface area contributed by atoms with Gasteiger partial charge in [0, 0.05) is 25.2 Å². The Morgan fingerprint density at radius 2 is 2.69 bits per heavy atom. The molecular weight excluding hydrogens is 226 g/mol. The van der Waals surface area contributed by atoms with Crippen molar-refractivity contribution in [2.24, 2.45) is 0 Å². The van der Waals surface area contributed by atoms with E-state index in [0.29, 0.717) is 6.54 Å². The van der Waals surface area contributed by atoms with Crippen molar-refractivity contribution in [1.82, 2.24) is 15.6 Å². The van der Waals surface area contributed by atoms with Crippen molar-refractivity contribution in [2.45, 2.75) is 25.1 Å². The Bertz CT molecular complexity index is 342. The van der Waals surface area contributed by atoms with Crippen LogP contribution < -0.4 is 10.6 Å². The molecule has 2 heterocycles. The molecule has 1 amide bonds. The number of ether oxygens (including phenoxy) is 1.